The van der Waals surface area contributed by atoms with Gasteiger partial charge in [-0.2, -0.15) is 0 Å². The van der Waals surface area contributed by atoms with Crippen molar-refractivity contribution in [3.8, 4) is 0 Å². The first-order valence-corrected chi connectivity index (χ1v) is 12.0. The van der Waals surface area contributed by atoms with Gasteiger partial charge in [-0.05, 0) is 70.5 Å². The van der Waals surface area contributed by atoms with Gasteiger partial charge in [0.05, 0.1) is 0 Å². The summed E-state index contributed by atoms with van der Waals surface area (Å²) in [7, 11) is 0. The van der Waals surface area contributed by atoms with Gasteiger partial charge >= 0.3 is 0 Å². The number of hydrogen-bond donors (Lipinski definition) is 1. The molecule has 0 aromatic heterocycles. The second kappa shape index (κ2) is 8.60. The van der Waals surface area contributed by atoms with E-state index in [1.807, 2.05) is 0 Å². The Bertz CT molecular complexity index is 430. The van der Waals surface area contributed by atoms with Gasteiger partial charge in [0.2, 0.25) is 0 Å². The lowest BCUT2D eigenvalue weighted by Crippen LogP contribution is -2.41. The van der Waals surface area contributed by atoms with E-state index in [9.17, 15) is 0 Å². The molecular weight excluding hydrogens is 338 g/mol. The SMILES string of the molecule is CC(C)(C)C1CC[C@H](N)C1C(C)(C)C.C[C@@H]1CCC(C(C)(C)C)C1C(C)(C)C. The fourth-order valence-corrected chi connectivity index (χ4v) is 6.87. The number of rotatable bonds is 0. The first kappa shape index (κ1) is 26.0. The predicted molar refractivity (Wildman–Crippen MR) is 127 cm³/mol. The number of nitrogens with two attached hydrogens (primary N) is 1. The summed E-state index contributed by atoms with van der Waals surface area (Å²) in [6, 6.07) is 0.416. The Labute approximate surface area is 179 Å². The Morgan fingerprint density at radius 1 is 0.500 bits per heavy atom. The molecule has 1 heteroatoms. The van der Waals surface area contributed by atoms with Crippen molar-refractivity contribution < 1.29 is 0 Å². The molecule has 0 bridgehead atoms. The van der Waals surface area contributed by atoms with Crippen LogP contribution in [-0.2, 0) is 0 Å². The van der Waals surface area contributed by atoms with Crippen LogP contribution in [-0.4, -0.2) is 6.04 Å². The molecule has 0 aromatic carbocycles. The summed E-state index contributed by atoms with van der Waals surface area (Å²) in [5.41, 5.74) is 7.98. The van der Waals surface area contributed by atoms with Gasteiger partial charge in [-0.3, -0.25) is 0 Å². The van der Waals surface area contributed by atoms with Gasteiger partial charge in [0.25, 0.3) is 0 Å². The molecule has 2 rings (SSSR count). The van der Waals surface area contributed by atoms with Crippen LogP contribution >= 0.6 is 0 Å². The molecule has 2 fully saturated rings. The molecule has 4 unspecified atom stereocenters. The van der Waals surface area contributed by atoms with Crippen molar-refractivity contribution in [2.75, 3.05) is 0 Å². The third-order valence-electron chi connectivity index (χ3n) is 7.91. The molecule has 0 aromatic rings. The van der Waals surface area contributed by atoms with Gasteiger partial charge in [-0.1, -0.05) is 96.4 Å². The Kier molecular flexibility index (Phi) is 7.99. The lowest BCUT2D eigenvalue weighted by atomic mass is 9.64. The largest absolute Gasteiger partial charge is 0.327 e. The first-order chi connectivity index (χ1) is 12.3. The maximum absolute atomic E-state index is 6.25. The first-order valence-electron chi connectivity index (χ1n) is 12.0. The second-order valence-electron chi connectivity index (χ2n) is 14.5. The summed E-state index contributed by atoms with van der Waals surface area (Å²) >= 11 is 0. The molecule has 2 saturated carbocycles. The summed E-state index contributed by atoms with van der Waals surface area (Å²) < 4.78 is 0. The predicted octanol–water partition coefficient (Wildman–Crippen LogP) is 8.17. The van der Waals surface area contributed by atoms with Crippen molar-refractivity contribution in [2.45, 2.75) is 122 Å². The summed E-state index contributed by atoms with van der Waals surface area (Å²) in [5, 5.41) is 0. The van der Waals surface area contributed by atoms with Crippen molar-refractivity contribution in [3.63, 3.8) is 0 Å². The highest BCUT2D eigenvalue weighted by Crippen LogP contribution is 2.53. The van der Waals surface area contributed by atoms with Crippen LogP contribution in [0.4, 0.5) is 0 Å². The number of hydrogen-bond acceptors (Lipinski definition) is 1. The van der Waals surface area contributed by atoms with Gasteiger partial charge in [-0.25, -0.2) is 0 Å². The minimum Gasteiger partial charge on any atom is -0.327 e. The molecule has 2 aliphatic carbocycles. The second-order valence-corrected chi connectivity index (χ2v) is 14.5. The average molecular weight is 394 g/mol. The fraction of sp³-hybridized carbons (Fsp3) is 1.00. The molecule has 0 heterocycles. The molecule has 0 saturated heterocycles. The van der Waals surface area contributed by atoms with Gasteiger partial charge < -0.3 is 5.73 Å². The molecule has 2 aliphatic rings. The molecule has 168 valence electrons. The quantitative estimate of drug-likeness (QED) is 0.441. The van der Waals surface area contributed by atoms with Gasteiger partial charge in [0, 0.05) is 6.04 Å². The van der Waals surface area contributed by atoms with E-state index in [1.54, 1.807) is 0 Å². The molecule has 0 aliphatic heterocycles. The van der Waals surface area contributed by atoms with E-state index in [4.69, 9.17) is 5.73 Å². The van der Waals surface area contributed by atoms with Crippen LogP contribution in [0.25, 0.3) is 0 Å². The summed E-state index contributed by atoms with van der Waals surface area (Å²) in [6.07, 6.45) is 5.40. The lowest BCUT2D eigenvalue weighted by molar-refractivity contribution is 0.0751. The molecule has 6 atom stereocenters. The van der Waals surface area contributed by atoms with Gasteiger partial charge in [0.1, 0.15) is 0 Å². The van der Waals surface area contributed by atoms with Crippen LogP contribution in [0.15, 0.2) is 0 Å². The Morgan fingerprint density at radius 2 is 0.857 bits per heavy atom. The van der Waals surface area contributed by atoms with E-state index in [0.29, 0.717) is 33.6 Å². The third-order valence-corrected chi connectivity index (χ3v) is 7.91. The zero-order chi connectivity index (χ0) is 22.3. The lowest BCUT2D eigenvalue weighted by Gasteiger charge is -2.41. The molecular formula is C27H55N. The average Bonchev–Trinajstić information content (AvgIpc) is 3.00. The minimum absolute atomic E-state index is 0.355. The van der Waals surface area contributed by atoms with Gasteiger partial charge in [-0.15, -0.1) is 0 Å². The van der Waals surface area contributed by atoms with Crippen LogP contribution in [0.3, 0.4) is 0 Å². The third kappa shape index (κ3) is 6.48. The monoisotopic (exact) mass is 393 g/mol. The van der Waals surface area contributed by atoms with E-state index in [2.05, 4.69) is 90.0 Å². The Morgan fingerprint density at radius 3 is 1.14 bits per heavy atom. The van der Waals surface area contributed by atoms with Gasteiger partial charge in [0.15, 0.2) is 0 Å². The van der Waals surface area contributed by atoms with Crippen LogP contribution in [0.1, 0.15) is 116 Å². The van der Waals surface area contributed by atoms with Crippen LogP contribution < -0.4 is 5.73 Å². The summed E-state index contributed by atoms with van der Waals surface area (Å²) in [5.74, 6) is 4.21. The Balaban J connectivity index is 0.000000280. The van der Waals surface area contributed by atoms with Crippen LogP contribution in [0.5, 0.6) is 0 Å². The maximum atomic E-state index is 6.25. The Hall–Kier alpha value is -0.0400. The van der Waals surface area contributed by atoms with E-state index in [-0.39, 0.29) is 0 Å². The maximum Gasteiger partial charge on any atom is 0.00751 e. The molecule has 0 radical (unpaired) electrons. The fourth-order valence-electron chi connectivity index (χ4n) is 6.87. The topological polar surface area (TPSA) is 26.0 Å². The van der Waals surface area contributed by atoms with Crippen molar-refractivity contribution in [1.82, 2.24) is 0 Å². The standard InChI is InChI=1S/C14H28.C13H27N/c1-10-8-9-11(13(2,3)4)12(10)14(5,6)7;1-12(2,3)9-7-8-10(14)11(9)13(4,5)6/h10-12H,8-9H2,1-7H3;9-11H,7-8,14H2,1-6H3/t10-,11?,12?;9?,10-,11?/m10/s1. The minimum atomic E-state index is 0.355. The highest BCUT2D eigenvalue weighted by atomic mass is 14.7. The van der Waals surface area contributed by atoms with E-state index < -0.39 is 0 Å². The molecule has 0 amide bonds. The highest BCUT2D eigenvalue weighted by Gasteiger charge is 2.46. The molecule has 0 spiro atoms. The van der Waals surface area contributed by atoms with E-state index in [1.165, 1.54) is 25.7 Å². The zero-order valence-electron chi connectivity index (χ0n) is 21.9. The normalized spacial score (nSPS) is 34.9. The van der Waals surface area contributed by atoms with Crippen molar-refractivity contribution in [2.24, 2.45) is 57.0 Å². The molecule has 2 N–H and O–H groups in total. The van der Waals surface area contributed by atoms with E-state index in [0.717, 1.165) is 23.7 Å². The molecule has 28 heavy (non-hydrogen) atoms. The van der Waals surface area contributed by atoms with Crippen LogP contribution in [0.2, 0.25) is 0 Å². The summed E-state index contributed by atoms with van der Waals surface area (Å²) in [4.78, 5) is 0. The smallest absolute Gasteiger partial charge is 0.00751 e. The zero-order valence-corrected chi connectivity index (χ0v) is 21.9. The molecule has 1 nitrogen and oxygen atoms in total. The van der Waals surface area contributed by atoms with E-state index >= 15 is 0 Å². The summed E-state index contributed by atoms with van der Waals surface area (Å²) in [6.45, 7) is 31.0. The van der Waals surface area contributed by atoms with Crippen molar-refractivity contribution >= 4 is 0 Å². The highest BCUT2D eigenvalue weighted by molar-refractivity contribution is 4.98. The van der Waals surface area contributed by atoms with Crippen molar-refractivity contribution in [3.05, 3.63) is 0 Å². The van der Waals surface area contributed by atoms with Crippen LogP contribution in [0, 0.1) is 51.2 Å². The van der Waals surface area contributed by atoms with Crippen molar-refractivity contribution in [1.29, 1.82) is 0 Å².